The van der Waals surface area contributed by atoms with Crippen LogP contribution in [0.3, 0.4) is 0 Å². The van der Waals surface area contributed by atoms with Crippen LogP contribution in [0.1, 0.15) is 37.7 Å². The zero-order chi connectivity index (χ0) is 18.9. The van der Waals surface area contributed by atoms with Gasteiger partial charge >= 0.3 is 0 Å². The second kappa shape index (κ2) is 10.0. The van der Waals surface area contributed by atoms with Crippen molar-refractivity contribution in [1.29, 1.82) is 0 Å². The van der Waals surface area contributed by atoms with Crippen molar-refractivity contribution < 1.29 is 9.53 Å². The van der Waals surface area contributed by atoms with Gasteiger partial charge in [-0.05, 0) is 42.7 Å². The molecular weight excluding hydrogens is 336 g/mol. The van der Waals surface area contributed by atoms with Crippen molar-refractivity contribution in [1.82, 2.24) is 4.90 Å². The number of nitrogens with zero attached hydrogens (tertiary/aromatic N) is 1. The lowest BCUT2D eigenvalue weighted by atomic mass is 9.94. The van der Waals surface area contributed by atoms with Gasteiger partial charge in [-0.2, -0.15) is 0 Å². The number of carbonyl (C=O) groups is 1. The maximum Gasteiger partial charge on any atom is 0.241 e. The molecule has 0 bridgehead atoms. The van der Waals surface area contributed by atoms with Crippen molar-refractivity contribution in [3.8, 4) is 5.75 Å². The second-order valence-electron chi connectivity index (χ2n) is 7.26. The standard InChI is InChI=1S/C23H30N2O2/c1-25(21-10-6-3-7-11-21)23(26)18-24-20-12-14-22(15-13-20)27-17-16-19-8-4-2-5-9-19/h2,4-5,8-9,12-15,21,24H,3,6-7,10-11,16-18H2,1H3. The van der Waals surface area contributed by atoms with E-state index in [2.05, 4.69) is 17.4 Å². The molecule has 0 radical (unpaired) electrons. The summed E-state index contributed by atoms with van der Waals surface area (Å²) < 4.78 is 5.81. The van der Waals surface area contributed by atoms with E-state index in [9.17, 15) is 4.79 Å². The summed E-state index contributed by atoms with van der Waals surface area (Å²) in [6.45, 7) is 0.989. The van der Waals surface area contributed by atoms with Gasteiger partial charge in [-0.25, -0.2) is 0 Å². The van der Waals surface area contributed by atoms with Gasteiger partial charge in [0.25, 0.3) is 0 Å². The van der Waals surface area contributed by atoms with E-state index < -0.39 is 0 Å². The minimum absolute atomic E-state index is 0.157. The third-order valence-electron chi connectivity index (χ3n) is 5.32. The van der Waals surface area contributed by atoms with Crippen molar-refractivity contribution in [2.75, 3.05) is 25.5 Å². The first-order chi connectivity index (χ1) is 13.2. The Kier molecular flexibility index (Phi) is 7.14. The maximum absolute atomic E-state index is 12.4. The molecule has 0 saturated heterocycles. The monoisotopic (exact) mass is 366 g/mol. The zero-order valence-electron chi connectivity index (χ0n) is 16.2. The Morgan fingerprint density at radius 2 is 1.74 bits per heavy atom. The molecule has 4 nitrogen and oxygen atoms in total. The molecule has 1 aliphatic carbocycles. The Morgan fingerprint density at radius 3 is 2.44 bits per heavy atom. The molecule has 1 amide bonds. The van der Waals surface area contributed by atoms with Crippen molar-refractivity contribution in [2.45, 2.75) is 44.6 Å². The van der Waals surface area contributed by atoms with Gasteiger partial charge in [0.15, 0.2) is 0 Å². The molecule has 144 valence electrons. The van der Waals surface area contributed by atoms with Crippen molar-refractivity contribution in [3.63, 3.8) is 0 Å². The van der Waals surface area contributed by atoms with Crippen LogP contribution < -0.4 is 10.1 Å². The van der Waals surface area contributed by atoms with E-state index in [1.807, 2.05) is 54.4 Å². The van der Waals surface area contributed by atoms with Crippen LogP contribution in [0.25, 0.3) is 0 Å². The van der Waals surface area contributed by atoms with Gasteiger partial charge in [-0.1, -0.05) is 49.6 Å². The molecule has 4 heteroatoms. The van der Waals surface area contributed by atoms with Crippen LogP contribution in [0.2, 0.25) is 0 Å². The van der Waals surface area contributed by atoms with E-state index in [0.29, 0.717) is 19.2 Å². The van der Waals surface area contributed by atoms with Crippen LogP contribution in [-0.4, -0.2) is 37.0 Å². The van der Waals surface area contributed by atoms with Gasteiger partial charge in [0.2, 0.25) is 5.91 Å². The van der Waals surface area contributed by atoms with Crippen LogP contribution in [-0.2, 0) is 11.2 Å². The molecule has 1 fully saturated rings. The quantitative estimate of drug-likeness (QED) is 0.747. The number of amides is 1. The summed E-state index contributed by atoms with van der Waals surface area (Å²) in [7, 11) is 1.93. The highest BCUT2D eigenvalue weighted by Crippen LogP contribution is 2.22. The van der Waals surface area contributed by atoms with E-state index in [-0.39, 0.29) is 5.91 Å². The van der Waals surface area contributed by atoms with E-state index in [1.165, 1.54) is 24.8 Å². The third kappa shape index (κ3) is 6.02. The summed E-state index contributed by atoms with van der Waals surface area (Å²) in [6.07, 6.45) is 6.94. The van der Waals surface area contributed by atoms with Crippen LogP contribution in [0.4, 0.5) is 5.69 Å². The number of hydrogen-bond donors (Lipinski definition) is 1. The lowest BCUT2D eigenvalue weighted by molar-refractivity contribution is -0.130. The van der Waals surface area contributed by atoms with E-state index in [4.69, 9.17) is 4.74 Å². The number of rotatable bonds is 8. The van der Waals surface area contributed by atoms with Crippen LogP contribution in [0.5, 0.6) is 5.75 Å². The fourth-order valence-corrected chi connectivity index (χ4v) is 3.57. The van der Waals surface area contributed by atoms with Crippen molar-refractivity contribution in [3.05, 3.63) is 60.2 Å². The first-order valence-electron chi connectivity index (χ1n) is 9.99. The first-order valence-corrected chi connectivity index (χ1v) is 9.99. The highest BCUT2D eigenvalue weighted by atomic mass is 16.5. The molecule has 0 spiro atoms. The molecule has 1 N–H and O–H groups in total. The Bertz CT molecular complexity index is 694. The number of ether oxygens (including phenoxy) is 1. The fraction of sp³-hybridized carbons (Fsp3) is 0.435. The molecule has 1 aliphatic rings. The molecule has 3 rings (SSSR count). The Labute approximate surface area is 162 Å². The average Bonchev–Trinajstić information content (AvgIpc) is 2.74. The summed E-state index contributed by atoms with van der Waals surface area (Å²) in [5.41, 5.74) is 2.21. The lowest BCUT2D eigenvalue weighted by Gasteiger charge is -2.31. The van der Waals surface area contributed by atoms with Crippen molar-refractivity contribution in [2.24, 2.45) is 0 Å². The van der Waals surface area contributed by atoms with E-state index >= 15 is 0 Å². The molecule has 2 aromatic rings. The van der Waals surface area contributed by atoms with E-state index in [1.54, 1.807) is 0 Å². The van der Waals surface area contributed by atoms with Gasteiger partial charge in [-0.15, -0.1) is 0 Å². The number of anilines is 1. The van der Waals surface area contributed by atoms with Crippen molar-refractivity contribution >= 4 is 11.6 Å². The molecule has 0 aliphatic heterocycles. The van der Waals surface area contributed by atoms with Crippen LogP contribution in [0, 0.1) is 0 Å². The maximum atomic E-state index is 12.4. The smallest absolute Gasteiger partial charge is 0.241 e. The molecular formula is C23H30N2O2. The van der Waals surface area contributed by atoms with Crippen LogP contribution in [0.15, 0.2) is 54.6 Å². The minimum atomic E-state index is 0.157. The molecule has 1 saturated carbocycles. The molecule has 0 atom stereocenters. The topological polar surface area (TPSA) is 41.6 Å². The Morgan fingerprint density at radius 1 is 1.04 bits per heavy atom. The number of carbonyl (C=O) groups excluding carboxylic acids is 1. The highest BCUT2D eigenvalue weighted by molar-refractivity contribution is 5.81. The molecule has 0 aromatic heterocycles. The first kappa shape index (κ1) is 19.3. The second-order valence-corrected chi connectivity index (χ2v) is 7.26. The summed E-state index contributed by atoms with van der Waals surface area (Å²) in [6, 6.07) is 18.6. The molecule has 0 unspecified atom stereocenters. The minimum Gasteiger partial charge on any atom is -0.493 e. The van der Waals surface area contributed by atoms with Crippen LogP contribution >= 0.6 is 0 Å². The van der Waals surface area contributed by atoms with Gasteiger partial charge in [0.1, 0.15) is 5.75 Å². The fourth-order valence-electron chi connectivity index (χ4n) is 3.57. The SMILES string of the molecule is CN(C(=O)CNc1ccc(OCCc2ccccc2)cc1)C1CCCCC1. The highest BCUT2D eigenvalue weighted by Gasteiger charge is 2.21. The Hall–Kier alpha value is -2.49. The summed E-state index contributed by atoms with van der Waals surface area (Å²) in [4.78, 5) is 14.3. The summed E-state index contributed by atoms with van der Waals surface area (Å²) in [5, 5.41) is 3.23. The normalized spacial score (nSPS) is 14.6. The third-order valence-corrected chi connectivity index (χ3v) is 5.32. The van der Waals surface area contributed by atoms with Gasteiger partial charge < -0.3 is 15.0 Å². The van der Waals surface area contributed by atoms with E-state index in [0.717, 1.165) is 30.7 Å². The summed E-state index contributed by atoms with van der Waals surface area (Å²) in [5.74, 6) is 1.01. The molecule has 27 heavy (non-hydrogen) atoms. The molecule has 0 heterocycles. The lowest BCUT2D eigenvalue weighted by Crippen LogP contribution is -2.41. The number of hydrogen-bond acceptors (Lipinski definition) is 3. The number of nitrogens with one attached hydrogen (secondary N) is 1. The van der Waals surface area contributed by atoms with Gasteiger partial charge in [-0.3, -0.25) is 4.79 Å². The number of likely N-dealkylation sites (N-methyl/N-ethyl adjacent to an activating group) is 1. The van der Waals surface area contributed by atoms with Gasteiger partial charge in [0.05, 0.1) is 13.2 Å². The summed E-state index contributed by atoms with van der Waals surface area (Å²) >= 11 is 0. The molecule has 2 aromatic carbocycles. The van der Waals surface area contributed by atoms with Gasteiger partial charge in [0, 0.05) is 25.2 Å². The number of benzene rings is 2. The predicted octanol–water partition coefficient (Wildman–Crippen LogP) is 4.51. The zero-order valence-corrected chi connectivity index (χ0v) is 16.2. The average molecular weight is 367 g/mol. The predicted molar refractivity (Wildman–Crippen MR) is 110 cm³/mol. The largest absolute Gasteiger partial charge is 0.493 e. The Balaban J connectivity index is 1.40.